The number of nitrogens with one attached hydrogen (secondary N) is 4. The lowest BCUT2D eigenvalue weighted by Gasteiger charge is -2.62. The summed E-state index contributed by atoms with van der Waals surface area (Å²) in [5.41, 5.74) is 2.01. The molecule has 0 unspecified atom stereocenters. The Balaban J connectivity index is 1.02. The van der Waals surface area contributed by atoms with E-state index < -0.39 is 17.0 Å². The monoisotopic (exact) mass is 692 g/mol. The van der Waals surface area contributed by atoms with Gasteiger partial charge in [0.15, 0.2) is 0 Å². The number of amides is 2. The van der Waals surface area contributed by atoms with E-state index >= 15 is 0 Å². The number of nitrogens with zero attached hydrogens (tertiary/aromatic N) is 6. The van der Waals surface area contributed by atoms with E-state index in [0.717, 1.165) is 35.7 Å². The Morgan fingerprint density at radius 3 is 2.12 bits per heavy atom. The molecule has 2 bridgehead atoms. The first-order valence-electron chi connectivity index (χ1n) is 17.6. The SMILES string of the molecule is CC(C)(C)Nc1ccc(-c2ccc(=O)n(CC(=O)NCCc3cc(-c4ccc(NC56CC(C5)C6)nc4)nn(CC(=O)NC4CCC4)c3=O)n2)cn1. The minimum absolute atomic E-state index is 0.122. The van der Waals surface area contributed by atoms with Crippen LogP contribution in [0, 0.1) is 5.92 Å². The van der Waals surface area contributed by atoms with Crippen LogP contribution in [0.15, 0.2) is 64.4 Å². The van der Waals surface area contributed by atoms with Crippen molar-refractivity contribution in [2.45, 2.75) is 95.9 Å². The van der Waals surface area contributed by atoms with Crippen molar-refractivity contribution in [2.75, 3.05) is 17.2 Å². The minimum atomic E-state index is -0.435. The maximum atomic E-state index is 13.5. The number of rotatable bonds is 13. The van der Waals surface area contributed by atoms with E-state index in [1.165, 1.54) is 30.0 Å². The van der Waals surface area contributed by atoms with Crippen LogP contribution in [-0.2, 0) is 29.1 Å². The molecule has 4 saturated carbocycles. The molecule has 4 N–H and O–H groups in total. The molecule has 4 heterocycles. The molecule has 0 saturated heterocycles. The van der Waals surface area contributed by atoms with E-state index in [-0.39, 0.29) is 49.1 Å². The number of pyridine rings is 2. The van der Waals surface area contributed by atoms with Gasteiger partial charge in [-0.2, -0.15) is 10.2 Å². The Bertz CT molecular complexity index is 2030. The van der Waals surface area contributed by atoms with E-state index in [4.69, 9.17) is 0 Å². The summed E-state index contributed by atoms with van der Waals surface area (Å²) in [6.07, 6.45) is 10.1. The van der Waals surface area contributed by atoms with Gasteiger partial charge in [-0.25, -0.2) is 19.3 Å². The molecule has 4 fully saturated rings. The van der Waals surface area contributed by atoms with Crippen LogP contribution in [0.3, 0.4) is 0 Å². The summed E-state index contributed by atoms with van der Waals surface area (Å²) in [4.78, 5) is 60.9. The number of carbonyl (C=O) groups excluding carboxylic acids is 2. The van der Waals surface area contributed by atoms with E-state index in [9.17, 15) is 19.2 Å². The maximum absolute atomic E-state index is 13.5. The van der Waals surface area contributed by atoms with Crippen molar-refractivity contribution in [1.82, 2.24) is 40.2 Å². The molecule has 4 aromatic heterocycles. The standard InChI is InChI=1S/C37H44N10O4/c1-36(2,3)42-30-10-7-25(19-39-30)28-9-12-34(50)46(44-28)21-32(48)38-14-13-24-15-29(45-47(35(24)51)22-33(49)41-27-5-4-6-27)26-8-11-31(40-20-26)43-37-16-23(17-37)18-37/h7-12,15,19-20,23,27H,4-6,13-14,16-18,21-22H2,1-3H3,(H,38,48)(H,39,42)(H,40,43)(H,41,49). The molecule has 0 aliphatic heterocycles. The highest BCUT2D eigenvalue weighted by molar-refractivity contribution is 5.76. The second kappa shape index (κ2) is 13.7. The molecule has 14 heteroatoms. The zero-order valence-electron chi connectivity index (χ0n) is 29.2. The van der Waals surface area contributed by atoms with Crippen molar-refractivity contribution in [3.63, 3.8) is 0 Å². The Kier molecular flexibility index (Phi) is 9.17. The minimum Gasteiger partial charge on any atom is -0.365 e. The first-order valence-corrected chi connectivity index (χ1v) is 17.6. The lowest BCUT2D eigenvalue weighted by atomic mass is 9.50. The van der Waals surface area contributed by atoms with Crippen molar-refractivity contribution < 1.29 is 9.59 Å². The smallest absolute Gasteiger partial charge is 0.270 e. The zero-order chi connectivity index (χ0) is 35.8. The number of hydrogen-bond acceptors (Lipinski definition) is 10. The Hall–Kier alpha value is -5.40. The van der Waals surface area contributed by atoms with Crippen LogP contribution in [0.2, 0.25) is 0 Å². The summed E-state index contributed by atoms with van der Waals surface area (Å²) in [7, 11) is 0. The second-order valence-corrected chi connectivity index (χ2v) is 15.2. The molecule has 8 rings (SSSR count). The van der Waals surface area contributed by atoms with Gasteiger partial charge >= 0.3 is 0 Å². The van der Waals surface area contributed by atoms with Crippen LogP contribution in [0.25, 0.3) is 22.5 Å². The van der Waals surface area contributed by atoms with E-state index in [2.05, 4.69) is 41.4 Å². The van der Waals surface area contributed by atoms with Gasteiger partial charge in [-0.1, -0.05) is 0 Å². The molecule has 266 valence electrons. The molecule has 4 aliphatic rings. The Morgan fingerprint density at radius 2 is 1.51 bits per heavy atom. The van der Waals surface area contributed by atoms with E-state index in [0.29, 0.717) is 33.9 Å². The molecule has 51 heavy (non-hydrogen) atoms. The highest BCUT2D eigenvalue weighted by Crippen LogP contribution is 2.58. The van der Waals surface area contributed by atoms with Gasteiger partial charge in [0, 0.05) is 58.8 Å². The van der Waals surface area contributed by atoms with Crippen molar-refractivity contribution >= 4 is 23.5 Å². The lowest BCUT2D eigenvalue weighted by molar-refractivity contribution is -0.123. The van der Waals surface area contributed by atoms with Gasteiger partial charge in [0.1, 0.15) is 24.7 Å². The average molecular weight is 693 g/mol. The average Bonchev–Trinajstić information content (AvgIpc) is 3.03. The molecule has 4 aliphatic carbocycles. The van der Waals surface area contributed by atoms with Crippen LogP contribution < -0.4 is 32.4 Å². The summed E-state index contributed by atoms with van der Waals surface area (Å²) in [6.45, 7) is 5.73. The van der Waals surface area contributed by atoms with Gasteiger partial charge in [0.05, 0.1) is 11.4 Å². The summed E-state index contributed by atoms with van der Waals surface area (Å²) in [5.74, 6) is 1.66. The molecule has 0 atom stereocenters. The summed E-state index contributed by atoms with van der Waals surface area (Å²) in [6, 6.07) is 12.3. The molecule has 0 aromatic carbocycles. The van der Waals surface area contributed by atoms with Crippen LogP contribution in [0.1, 0.15) is 64.9 Å². The lowest BCUT2D eigenvalue weighted by Crippen LogP contribution is -2.63. The number of aromatic nitrogens is 6. The Morgan fingerprint density at radius 1 is 0.843 bits per heavy atom. The zero-order valence-corrected chi connectivity index (χ0v) is 29.2. The molecular weight excluding hydrogens is 648 g/mol. The Labute approximate surface area is 295 Å². The van der Waals surface area contributed by atoms with Gasteiger partial charge in [-0.05, 0) is 108 Å². The van der Waals surface area contributed by atoms with Gasteiger partial charge < -0.3 is 21.3 Å². The maximum Gasteiger partial charge on any atom is 0.270 e. The van der Waals surface area contributed by atoms with Crippen molar-refractivity contribution in [2.24, 2.45) is 5.92 Å². The summed E-state index contributed by atoms with van der Waals surface area (Å²) >= 11 is 0. The summed E-state index contributed by atoms with van der Waals surface area (Å²) in [5, 5.41) is 21.6. The predicted octanol–water partition coefficient (Wildman–Crippen LogP) is 3.13. The largest absolute Gasteiger partial charge is 0.365 e. The van der Waals surface area contributed by atoms with Crippen molar-refractivity contribution in [1.29, 1.82) is 0 Å². The quantitative estimate of drug-likeness (QED) is 0.163. The van der Waals surface area contributed by atoms with Crippen molar-refractivity contribution in [3.8, 4) is 22.5 Å². The van der Waals surface area contributed by atoms with E-state index in [1.54, 1.807) is 24.5 Å². The molecule has 2 amide bonds. The number of hydrogen-bond donors (Lipinski definition) is 4. The molecule has 0 spiro atoms. The van der Waals surface area contributed by atoms with Gasteiger partial charge in [0.25, 0.3) is 11.1 Å². The fraction of sp³-hybridized carbons (Fsp3) is 0.459. The summed E-state index contributed by atoms with van der Waals surface area (Å²) < 4.78 is 2.29. The first kappa shape index (κ1) is 34.1. The van der Waals surface area contributed by atoms with Crippen molar-refractivity contribution in [3.05, 3.63) is 81.1 Å². The topological polar surface area (TPSA) is 178 Å². The first-order chi connectivity index (χ1) is 24.4. The van der Waals surface area contributed by atoms with Crippen LogP contribution in [0.5, 0.6) is 0 Å². The highest BCUT2D eigenvalue weighted by Gasteiger charge is 2.56. The molecule has 14 nitrogen and oxygen atoms in total. The van der Waals surface area contributed by atoms with Crippen LogP contribution in [-0.4, -0.2) is 65.0 Å². The third kappa shape index (κ3) is 8.00. The highest BCUT2D eigenvalue weighted by atomic mass is 16.2. The molecule has 0 radical (unpaired) electrons. The second-order valence-electron chi connectivity index (χ2n) is 15.2. The molecular formula is C37H44N10O4. The fourth-order valence-corrected chi connectivity index (χ4v) is 6.76. The number of anilines is 2. The van der Waals surface area contributed by atoms with Gasteiger partial charge in [0.2, 0.25) is 11.8 Å². The van der Waals surface area contributed by atoms with Gasteiger partial charge in [-0.3, -0.25) is 19.2 Å². The van der Waals surface area contributed by atoms with Crippen LogP contribution >= 0.6 is 0 Å². The van der Waals surface area contributed by atoms with Crippen LogP contribution in [0.4, 0.5) is 11.6 Å². The normalized spacial score (nSPS) is 19.2. The fourth-order valence-electron chi connectivity index (χ4n) is 6.76. The van der Waals surface area contributed by atoms with Gasteiger partial charge in [-0.15, -0.1) is 0 Å². The third-order valence-corrected chi connectivity index (χ3v) is 9.74. The van der Waals surface area contributed by atoms with E-state index in [1.807, 2.05) is 45.0 Å². The molecule has 4 aromatic rings. The number of carbonyl (C=O) groups is 2. The predicted molar refractivity (Wildman–Crippen MR) is 193 cm³/mol. The third-order valence-electron chi connectivity index (χ3n) is 9.74.